The number of carbonyl (C=O) groups excluding carboxylic acids is 2. The first-order valence-corrected chi connectivity index (χ1v) is 11.7. The highest BCUT2D eigenvalue weighted by molar-refractivity contribution is 6.36. The molecule has 7 heteroatoms. The number of rotatable bonds is 6. The summed E-state index contributed by atoms with van der Waals surface area (Å²) in [5.41, 5.74) is 5.71. The molecule has 33 heavy (non-hydrogen) atoms. The first kappa shape index (κ1) is 23.1. The van der Waals surface area contributed by atoms with Gasteiger partial charge in [-0.05, 0) is 82.3 Å². The van der Waals surface area contributed by atoms with Crippen LogP contribution in [0.15, 0.2) is 18.2 Å². The van der Waals surface area contributed by atoms with Crippen LogP contribution in [0.5, 0.6) is 5.75 Å². The first-order chi connectivity index (χ1) is 15.9. The lowest BCUT2D eigenvalue weighted by molar-refractivity contribution is -0.113. The van der Waals surface area contributed by atoms with Crippen molar-refractivity contribution in [2.75, 3.05) is 32.6 Å². The summed E-state index contributed by atoms with van der Waals surface area (Å²) >= 11 is 0. The molecule has 1 aliphatic heterocycles. The van der Waals surface area contributed by atoms with Crippen LogP contribution < -0.4 is 20.3 Å². The average molecular weight is 451 g/mol. The van der Waals surface area contributed by atoms with E-state index < -0.39 is 0 Å². The quantitative estimate of drug-likeness (QED) is 0.586. The maximum absolute atomic E-state index is 13.7. The first-order valence-electron chi connectivity index (χ1n) is 11.7. The van der Waals surface area contributed by atoms with Crippen molar-refractivity contribution in [3.63, 3.8) is 0 Å². The van der Waals surface area contributed by atoms with E-state index in [2.05, 4.69) is 21.7 Å². The minimum Gasteiger partial charge on any atom is -0.496 e. The van der Waals surface area contributed by atoms with Crippen molar-refractivity contribution in [2.24, 2.45) is 5.92 Å². The van der Waals surface area contributed by atoms with Crippen LogP contribution in [0.1, 0.15) is 58.6 Å². The maximum Gasteiger partial charge on any atom is 0.259 e. The van der Waals surface area contributed by atoms with Crippen molar-refractivity contribution in [1.29, 1.82) is 0 Å². The van der Waals surface area contributed by atoms with Crippen LogP contribution >= 0.6 is 0 Å². The van der Waals surface area contributed by atoms with E-state index >= 15 is 0 Å². The number of hydrogen-bond acceptors (Lipinski definition) is 4. The molecule has 0 spiro atoms. The van der Waals surface area contributed by atoms with Crippen LogP contribution in [-0.4, -0.2) is 50.6 Å². The van der Waals surface area contributed by atoms with Gasteiger partial charge >= 0.3 is 0 Å². The number of aryl methyl sites for hydroxylation is 2. The Morgan fingerprint density at radius 3 is 2.48 bits per heavy atom. The van der Waals surface area contributed by atoms with E-state index in [0.717, 1.165) is 53.9 Å². The summed E-state index contributed by atoms with van der Waals surface area (Å²) in [5.74, 6) is 0.640. The zero-order valence-electron chi connectivity index (χ0n) is 20.2. The zero-order chi connectivity index (χ0) is 23.7. The Bertz CT molecular complexity index is 1090. The van der Waals surface area contributed by atoms with E-state index in [1.54, 1.807) is 20.2 Å². The van der Waals surface area contributed by atoms with Crippen LogP contribution in [0.25, 0.3) is 11.6 Å². The SMILES string of the molecule is CNC(=O)c1cc2c(cc1OC)/C(=C/c1[nH]c(C)cc1C)C(=O)N2CC1CCC(NC)CC1. The largest absolute Gasteiger partial charge is 0.496 e. The molecule has 176 valence electrons. The lowest BCUT2D eigenvalue weighted by Crippen LogP contribution is -2.37. The third kappa shape index (κ3) is 4.42. The number of nitrogens with zero attached hydrogens (tertiary/aromatic N) is 1. The number of anilines is 1. The standard InChI is InChI=1S/C26H34N4O3/c1-15-10-16(2)29-22(15)11-20-19-13-24(33-5)21(25(31)28-4)12-23(19)30(26(20)32)14-17-6-8-18(27-3)9-7-17/h10-13,17-18,27,29H,6-9,14H2,1-5H3,(H,28,31)/b20-11-. The van der Waals surface area contributed by atoms with Crippen molar-refractivity contribution < 1.29 is 14.3 Å². The molecular formula is C26H34N4O3. The van der Waals surface area contributed by atoms with Crippen LogP contribution in [-0.2, 0) is 4.79 Å². The fourth-order valence-electron chi connectivity index (χ4n) is 5.11. The normalized spacial score (nSPS) is 21.4. The van der Waals surface area contributed by atoms with Gasteiger partial charge in [-0.2, -0.15) is 0 Å². The number of amides is 2. The van der Waals surface area contributed by atoms with E-state index in [4.69, 9.17) is 4.74 Å². The Balaban J connectivity index is 1.77. The minimum atomic E-state index is -0.232. The van der Waals surface area contributed by atoms with E-state index in [1.807, 2.05) is 37.9 Å². The number of methoxy groups -OCH3 is 1. The molecule has 1 fully saturated rings. The van der Waals surface area contributed by atoms with Crippen molar-refractivity contribution in [2.45, 2.75) is 45.6 Å². The van der Waals surface area contributed by atoms with E-state index in [-0.39, 0.29) is 11.8 Å². The molecule has 0 saturated heterocycles. The van der Waals surface area contributed by atoms with Crippen molar-refractivity contribution in [1.82, 2.24) is 15.6 Å². The number of aromatic nitrogens is 1. The smallest absolute Gasteiger partial charge is 0.259 e. The van der Waals surface area contributed by atoms with E-state index in [9.17, 15) is 9.59 Å². The molecule has 0 atom stereocenters. The summed E-state index contributed by atoms with van der Waals surface area (Å²) in [7, 11) is 5.16. The number of aromatic amines is 1. The van der Waals surface area contributed by atoms with Gasteiger partial charge in [-0.1, -0.05) is 0 Å². The van der Waals surface area contributed by atoms with Crippen molar-refractivity contribution in [3.05, 3.63) is 46.3 Å². The third-order valence-electron chi connectivity index (χ3n) is 7.02. The summed E-state index contributed by atoms with van der Waals surface area (Å²) < 4.78 is 5.53. The Labute approximate surface area is 195 Å². The van der Waals surface area contributed by atoms with Crippen LogP contribution in [0.2, 0.25) is 0 Å². The number of hydrogen-bond donors (Lipinski definition) is 3. The predicted molar refractivity (Wildman–Crippen MR) is 132 cm³/mol. The number of nitrogens with one attached hydrogen (secondary N) is 3. The molecule has 7 nitrogen and oxygen atoms in total. The van der Waals surface area contributed by atoms with Crippen LogP contribution in [0.4, 0.5) is 5.69 Å². The van der Waals surface area contributed by atoms with Crippen LogP contribution in [0, 0.1) is 19.8 Å². The van der Waals surface area contributed by atoms with Crippen molar-refractivity contribution in [3.8, 4) is 5.75 Å². The number of fused-ring (bicyclic) bond motifs is 1. The number of carbonyl (C=O) groups is 2. The minimum absolute atomic E-state index is 0.0245. The Morgan fingerprint density at radius 2 is 1.91 bits per heavy atom. The highest BCUT2D eigenvalue weighted by atomic mass is 16.5. The lowest BCUT2D eigenvalue weighted by Gasteiger charge is -2.31. The summed E-state index contributed by atoms with van der Waals surface area (Å²) in [6, 6.07) is 6.26. The molecule has 2 amide bonds. The second-order valence-electron chi connectivity index (χ2n) is 9.18. The molecule has 0 unspecified atom stereocenters. The fraction of sp³-hybridized carbons (Fsp3) is 0.462. The van der Waals surface area contributed by atoms with Gasteiger partial charge in [-0.15, -0.1) is 0 Å². The van der Waals surface area contributed by atoms with Gasteiger partial charge in [-0.3, -0.25) is 9.59 Å². The summed E-state index contributed by atoms with van der Waals surface area (Å²) in [6.45, 7) is 4.69. The molecule has 2 aliphatic rings. The Hall–Kier alpha value is -3.06. The molecule has 1 aromatic heterocycles. The molecule has 1 aromatic carbocycles. The molecule has 0 bridgehead atoms. The van der Waals surface area contributed by atoms with E-state index in [0.29, 0.717) is 35.4 Å². The third-order valence-corrected chi connectivity index (χ3v) is 7.02. The zero-order valence-corrected chi connectivity index (χ0v) is 20.2. The van der Waals surface area contributed by atoms with Gasteiger partial charge < -0.3 is 25.3 Å². The van der Waals surface area contributed by atoms with Gasteiger partial charge in [0.05, 0.1) is 23.9 Å². The van der Waals surface area contributed by atoms with Gasteiger partial charge in [0.25, 0.3) is 11.8 Å². The topological polar surface area (TPSA) is 86.5 Å². The van der Waals surface area contributed by atoms with Crippen LogP contribution in [0.3, 0.4) is 0 Å². The van der Waals surface area contributed by atoms with Gasteiger partial charge in [0.15, 0.2) is 0 Å². The maximum atomic E-state index is 13.7. The Kier molecular flexibility index (Phi) is 6.61. The number of ether oxygens (including phenoxy) is 1. The molecule has 2 aromatic rings. The molecule has 1 saturated carbocycles. The van der Waals surface area contributed by atoms with Gasteiger partial charge in [0.2, 0.25) is 0 Å². The van der Waals surface area contributed by atoms with Gasteiger partial charge in [0, 0.05) is 36.6 Å². The van der Waals surface area contributed by atoms with Crippen molar-refractivity contribution >= 4 is 29.2 Å². The predicted octanol–water partition coefficient (Wildman–Crippen LogP) is 3.67. The monoisotopic (exact) mass is 450 g/mol. The second-order valence-corrected chi connectivity index (χ2v) is 9.18. The molecule has 1 aliphatic carbocycles. The highest BCUT2D eigenvalue weighted by Crippen LogP contribution is 2.43. The molecule has 3 N–H and O–H groups in total. The average Bonchev–Trinajstić information content (AvgIpc) is 3.27. The Morgan fingerprint density at radius 1 is 1.18 bits per heavy atom. The molecule has 2 heterocycles. The highest BCUT2D eigenvalue weighted by Gasteiger charge is 2.36. The molecule has 0 radical (unpaired) electrons. The number of benzene rings is 1. The summed E-state index contributed by atoms with van der Waals surface area (Å²) in [5, 5.41) is 6.05. The van der Waals surface area contributed by atoms with Gasteiger partial charge in [0.1, 0.15) is 5.75 Å². The summed E-state index contributed by atoms with van der Waals surface area (Å²) in [6.07, 6.45) is 6.33. The molecule has 4 rings (SSSR count). The summed E-state index contributed by atoms with van der Waals surface area (Å²) in [4.78, 5) is 31.5. The van der Waals surface area contributed by atoms with Gasteiger partial charge in [-0.25, -0.2) is 0 Å². The molecular weight excluding hydrogens is 416 g/mol. The number of H-pyrrole nitrogens is 1. The second kappa shape index (κ2) is 9.43. The fourth-order valence-corrected chi connectivity index (χ4v) is 5.11. The van der Waals surface area contributed by atoms with E-state index in [1.165, 1.54) is 0 Å². The lowest BCUT2D eigenvalue weighted by atomic mass is 9.85.